The third kappa shape index (κ3) is 19.7. The van der Waals surface area contributed by atoms with Gasteiger partial charge in [0.1, 0.15) is 0 Å². The van der Waals surface area contributed by atoms with Gasteiger partial charge in [-0.05, 0) is 20.8 Å². The molecule has 0 saturated carbocycles. The molecule has 0 bridgehead atoms. The Morgan fingerprint density at radius 2 is 1.73 bits per heavy atom. The summed E-state index contributed by atoms with van der Waals surface area (Å²) in [7, 11) is -3.91. The van der Waals surface area contributed by atoms with Crippen molar-refractivity contribution in [1.29, 1.82) is 0 Å². The lowest BCUT2D eigenvalue weighted by Gasteiger charge is -2.18. The molecule has 0 saturated heterocycles. The molecule has 0 aromatic heterocycles. The molecule has 0 rings (SSSR count). The molecular formula is C8H18NO5P. The van der Waals surface area contributed by atoms with E-state index in [1.165, 1.54) is 6.92 Å². The highest BCUT2D eigenvalue weighted by molar-refractivity contribution is 7.51. The second kappa shape index (κ2) is 6.02. The zero-order valence-electron chi connectivity index (χ0n) is 9.10. The van der Waals surface area contributed by atoms with Crippen LogP contribution in [0.2, 0.25) is 0 Å². The first kappa shape index (κ1) is 16.7. The van der Waals surface area contributed by atoms with Crippen LogP contribution in [0.1, 0.15) is 20.8 Å². The van der Waals surface area contributed by atoms with Crippen molar-refractivity contribution in [3.8, 4) is 0 Å². The number of aliphatic carboxylic acids is 1. The minimum atomic E-state index is -3.91. The van der Waals surface area contributed by atoms with Crippen molar-refractivity contribution < 1.29 is 24.3 Å². The van der Waals surface area contributed by atoms with E-state index in [2.05, 4.69) is 6.58 Å². The van der Waals surface area contributed by atoms with Crippen molar-refractivity contribution >= 4 is 13.6 Å². The number of carbonyl (C=O) groups is 1. The summed E-state index contributed by atoms with van der Waals surface area (Å²) in [5.41, 5.74) is 4.73. The number of carboxylic acids is 1. The van der Waals surface area contributed by atoms with Gasteiger partial charge in [-0.1, -0.05) is 6.58 Å². The molecule has 0 aromatic rings. The minimum Gasteiger partial charge on any atom is -0.478 e. The number of hydrogen-bond acceptors (Lipinski definition) is 3. The molecule has 0 fully saturated rings. The first-order chi connectivity index (χ1) is 6.35. The van der Waals surface area contributed by atoms with Crippen LogP contribution in [-0.2, 0) is 9.36 Å². The summed E-state index contributed by atoms with van der Waals surface area (Å²) < 4.78 is 10.3. The normalized spacial score (nSPS) is 11.3. The third-order valence-corrected chi connectivity index (χ3v) is 2.21. The van der Waals surface area contributed by atoms with Gasteiger partial charge in [-0.3, -0.25) is 4.57 Å². The maximum Gasteiger partial charge on any atom is 0.330 e. The summed E-state index contributed by atoms with van der Waals surface area (Å²) in [6, 6.07) is 0. The lowest BCUT2D eigenvalue weighted by Crippen LogP contribution is -2.35. The van der Waals surface area contributed by atoms with Crippen molar-refractivity contribution in [2.45, 2.75) is 26.3 Å². The van der Waals surface area contributed by atoms with Crippen LogP contribution in [-0.4, -0.2) is 32.6 Å². The van der Waals surface area contributed by atoms with Crippen LogP contribution < -0.4 is 5.73 Å². The fourth-order valence-electron chi connectivity index (χ4n) is 0.531. The smallest absolute Gasteiger partial charge is 0.330 e. The van der Waals surface area contributed by atoms with Gasteiger partial charge in [0, 0.05) is 11.1 Å². The Kier molecular flexibility index (Phi) is 6.72. The molecule has 0 aromatic carbocycles. The van der Waals surface area contributed by atoms with Gasteiger partial charge in [0.05, 0.1) is 6.16 Å². The highest BCUT2D eigenvalue weighted by Gasteiger charge is 2.23. The summed E-state index contributed by atoms with van der Waals surface area (Å²) in [6.45, 7) is 7.75. The van der Waals surface area contributed by atoms with Gasteiger partial charge >= 0.3 is 13.6 Å². The molecule has 0 radical (unpaired) electrons. The molecule has 7 heteroatoms. The Balaban J connectivity index is 0. The van der Waals surface area contributed by atoms with E-state index in [9.17, 15) is 9.36 Å². The van der Waals surface area contributed by atoms with Crippen molar-refractivity contribution in [3.63, 3.8) is 0 Å². The van der Waals surface area contributed by atoms with Gasteiger partial charge in [0.15, 0.2) is 0 Å². The van der Waals surface area contributed by atoms with Crippen molar-refractivity contribution in [1.82, 2.24) is 0 Å². The second-order valence-corrected chi connectivity index (χ2v) is 5.54. The number of hydrogen-bond donors (Lipinski definition) is 4. The molecule has 6 nitrogen and oxygen atoms in total. The van der Waals surface area contributed by atoms with E-state index < -0.39 is 19.1 Å². The lowest BCUT2D eigenvalue weighted by atomic mass is 10.1. The predicted molar refractivity (Wildman–Crippen MR) is 57.6 cm³/mol. The van der Waals surface area contributed by atoms with Gasteiger partial charge in [0.25, 0.3) is 0 Å². The van der Waals surface area contributed by atoms with Crippen molar-refractivity contribution in [2.24, 2.45) is 5.73 Å². The molecule has 0 aliphatic heterocycles. The third-order valence-electron chi connectivity index (χ3n) is 0.979. The highest BCUT2D eigenvalue weighted by Crippen LogP contribution is 2.37. The fraction of sp³-hybridized carbons (Fsp3) is 0.625. The van der Waals surface area contributed by atoms with Crippen molar-refractivity contribution in [3.05, 3.63) is 12.2 Å². The average Bonchev–Trinajstić information content (AvgIpc) is 1.78. The SMILES string of the molecule is C=C(C)C(=O)O.CC(C)(N)CP(=O)(O)O. The first-order valence-corrected chi connectivity index (χ1v) is 5.87. The number of nitrogens with two attached hydrogens (primary N) is 1. The molecule has 90 valence electrons. The van der Waals surface area contributed by atoms with E-state index in [1.54, 1.807) is 13.8 Å². The van der Waals surface area contributed by atoms with E-state index in [4.69, 9.17) is 20.6 Å². The topological polar surface area (TPSA) is 121 Å². The molecule has 0 aliphatic rings. The van der Waals surface area contributed by atoms with Gasteiger partial charge in [-0.2, -0.15) is 0 Å². The van der Waals surface area contributed by atoms with Gasteiger partial charge in [-0.15, -0.1) is 0 Å². The molecule has 15 heavy (non-hydrogen) atoms. The Morgan fingerprint density at radius 3 is 1.73 bits per heavy atom. The van der Waals surface area contributed by atoms with Gasteiger partial charge in [0.2, 0.25) is 0 Å². The Bertz CT molecular complexity index is 263. The van der Waals surface area contributed by atoms with E-state index in [-0.39, 0.29) is 11.7 Å². The molecule has 0 atom stereocenters. The molecule has 0 amide bonds. The summed E-state index contributed by atoms with van der Waals surface area (Å²) in [5, 5.41) is 7.89. The quantitative estimate of drug-likeness (QED) is 0.421. The molecule has 0 heterocycles. The van der Waals surface area contributed by atoms with E-state index in [0.29, 0.717) is 0 Å². The van der Waals surface area contributed by atoms with E-state index in [1.807, 2.05) is 0 Å². The van der Waals surface area contributed by atoms with Crippen molar-refractivity contribution in [2.75, 3.05) is 6.16 Å². The summed E-state index contributed by atoms with van der Waals surface area (Å²) in [4.78, 5) is 26.4. The van der Waals surface area contributed by atoms with E-state index in [0.717, 1.165) is 0 Å². The fourth-order valence-corrected chi connectivity index (χ4v) is 1.59. The zero-order valence-corrected chi connectivity index (χ0v) is 9.99. The monoisotopic (exact) mass is 239 g/mol. The molecule has 0 unspecified atom stereocenters. The second-order valence-electron chi connectivity index (χ2n) is 3.90. The van der Waals surface area contributed by atoms with Crippen LogP contribution in [0.25, 0.3) is 0 Å². The van der Waals surface area contributed by atoms with Crippen LogP contribution in [0.5, 0.6) is 0 Å². The molecule has 5 N–H and O–H groups in total. The maximum absolute atomic E-state index is 10.3. The highest BCUT2D eigenvalue weighted by atomic mass is 31.2. The summed E-state index contributed by atoms with van der Waals surface area (Å²) in [6.07, 6.45) is -0.264. The largest absolute Gasteiger partial charge is 0.478 e. The Labute approximate surface area is 89.0 Å². The average molecular weight is 239 g/mol. The first-order valence-electron chi connectivity index (χ1n) is 4.07. The lowest BCUT2D eigenvalue weighted by molar-refractivity contribution is -0.132. The van der Waals surface area contributed by atoms with Gasteiger partial charge < -0.3 is 20.6 Å². The van der Waals surface area contributed by atoms with E-state index >= 15 is 0 Å². The number of carboxylic acid groups (broad SMARTS) is 1. The summed E-state index contributed by atoms with van der Waals surface area (Å²) >= 11 is 0. The Hall–Kier alpha value is -0.680. The van der Waals surface area contributed by atoms with Gasteiger partial charge in [-0.25, -0.2) is 4.79 Å². The van der Waals surface area contributed by atoms with Crippen LogP contribution in [0.4, 0.5) is 0 Å². The number of rotatable bonds is 3. The van der Waals surface area contributed by atoms with Crippen LogP contribution in [0.3, 0.4) is 0 Å². The minimum absolute atomic E-state index is 0.176. The van der Waals surface area contributed by atoms with Crippen LogP contribution >= 0.6 is 7.60 Å². The van der Waals surface area contributed by atoms with Crippen LogP contribution in [0.15, 0.2) is 12.2 Å². The zero-order chi connectivity index (χ0) is 12.9. The molecule has 0 aliphatic carbocycles. The molecule has 0 spiro atoms. The standard InChI is InChI=1S/C4H12NO3P.C4H6O2/c1-4(2,5)3-9(6,7)8;1-3(2)4(5)6/h3,5H2,1-2H3,(H2,6,7,8);1H2,2H3,(H,5,6). The van der Waals surface area contributed by atoms with Crippen LogP contribution in [0, 0.1) is 0 Å². The molecular weight excluding hydrogens is 221 g/mol. The maximum atomic E-state index is 10.3. The summed E-state index contributed by atoms with van der Waals surface area (Å²) in [5.74, 6) is -0.935. The Morgan fingerprint density at radius 1 is 1.47 bits per heavy atom. The predicted octanol–water partition coefficient (Wildman–Crippen LogP) is 0.548.